The summed E-state index contributed by atoms with van der Waals surface area (Å²) in [5.41, 5.74) is 2.21. The Bertz CT molecular complexity index is 910. The van der Waals surface area contributed by atoms with Crippen LogP contribution in [-0.2, 0) is 0 Å². The van der Waals surface area contributed by atoms with Gasteiger partial charge in [0, 0.05) is 22.2 Å². The molecule has 6 heteroatoms. The Kier molecular flexibility index (Phi) is 5.43. The maximum Gasteiger partial charge on any atom is 0.269 e. The van der Waals surface area contributed by atoms with Crippen LogP contribution in [0.15, 0.2) is 83.3 Å². The van der Waals surface area contributed by atoms with Crippen molar-refractivity contribution in [3.8, 4) is 0 Å². The highest BCUT2D eigenvalue weighted by Crippen LogP contribution is 2.24. The third-order valence-electron chi connectivity index (χ3n) is 3.95. The number of nitrogens with one attached hydrogen (secondary N) is 1. The van der Waals surface area contributed by atoms with Crippen LogP contribution in [-0.4, -0.2) is 10.8 Å². The van der Waals surface area contributed by atoms with Crippen LogP contribution in [0.25, 0.3) is 0 Å². The molecular formula is C20H15BrN2O3. The van der Waals surface area contributed by atoms with Gasteiger partial charge in [0.15, 0.2) is 0 Å². The van der Waals surface area contributed by atoms with Gasteiger partial charge in [0.2, 0.25) is 0 Å². The molecule has 0 saturated heterocycles. The van der Waals surface area contributed by atoms with Gasteiger partial charge in [-0.1, -0.05) is 58.4 Å². The number of carbonyl (C=O) groups is 1. The fraction of sp³-hybridized carbons (Fsp3) is 0.0500. The number of nitrogens with zero attached hydrogens (tertiary/aromatic N) is 1. The summed E-state index contributed by atoms with van der Waals surface area (Å²) in [6.07, 6.45) is 0. The van der Waals surface area contributed by atoms with Crippen molar-refractivity contribution in [3.63, 3.8) is 0 Å². The van der Waals surface area contributed by atoms with E-state index in [4.69, 9.17) is 0 Å². The largest absolute Gasteiger partial charge is 0.341 e. The van der Waals surface area contributed by atoms with Crippen LogP contribution < -0.4 is 5.32 Å². The predicted octanol–water partition coefficient (Wildman–Crippen LogP) is 4.88. The van der Waals surface area contributed by atoms with E-state index in [0.717, 1.165) is 15.6 Å². The van der Waals surface area contributed by atoms with Crippen molar-refractivity contribution in [2.24, 2.45) is 0 Å². The van der Waals surface area contributed by atoms with Crippen LogP contribution in [0.2, 0.25) is 0 Å². The summed E-state index contributed by atoms with van der Waals surface area (Å²) in [5, 5.41) is 13.8. The first-order chi connectivity index (χ1) is 12.5. The topological polar surface area (TPSA) is 72.2 Å². The van der Waals surface area contributed by atoms with E-state index < -0.39 is 4.92 Å². The van der Waals surface area contributed by atoms with E-state index in [1.165, 1.54) is 24.3 Å². The van der Waals surface area contributed by atoms with E-state index in [1.54, 1.807) is 0 Å². The van der Waals surface area contributed by atoms with Crippen LogP contribution >= 0.6 is 15.9 Å². The van der Waals surface area contributed by atoms with Crippen molar-refractivity contribution >= 4 is 27.5 Å². The molecule has 0 aliphatic heterocycles. The zero-order valence-corrected chi connectivity index (χ0v) is 15.2. The first-order valence-electron chi connectivity index (χ1n) is 7.90. The molecule has 0 radical (unpaired) electrons. The number of rotatable bonds is 5. The monoisotopic (exact) mass is 410 g/mol. The van der Waals surface area contributed by atoms with Crippen molar-refractivity contribution in [2.75, 3.05) is 0 Å². The third kappa shape index (κ3) is 4.15. The third-order valence-corrected chi connectivity index (χ3v) is 4.48. The Balaban J connectivity index is 1.89. The lowest BCUT2D eigenvalue weighted by atomic mass is 9.98. The fourth-order valence-electron chi connectivity index (χ4n) is 2.61. The summed E-state index contributed by atoms with van der Waals surface area (Å²) in [5.74, 6) is -0.295. The number of hydrogen-bond donors (Lipinski definition) is 1. The summed E-state index contributed by atoms with van der Waals surface area (Å²) < 4.78 is 0.953. The number of amides is 1. The first-order valence-corrected chi connectivity index (χ1v) is 8.69. The van der Waals surface area contributed by atoms with E-state index >= 15 is 0 Å². The maximum atomic E-state index is 12.7. The second-order valence-electron chi connectivity index (χ2n) is 5.67. The van der Waals surface area contributed by atoms with Crippen LogP contribution in [0.5, 0.6) is 0 Å². The highest BCUT2D eigenvalue weighted by molar-refractivity contribution is 9.10. The van der Waals surface area contributed by atoms with E-state index in [1.807, 2.05) is 54.6 Å². The molecule has 0 aromatic heterocycles. The lowest BCUT2D eigenvalue weighted by molar-refractivity contribution is -0.384. The van der Waals surface area contributed by atoms with Gasteiger partial charge < -0.3 is 5.32 Å². The zero-order chi connectivity index (χ0) is 18.5. The molecule has 0 fully saturated rings. The highest BCUT2D eigenvalue weighted by atomic mass is 79.9. The summed E-state index contributed by atoms with van der Waals surface area (Å²) in [7, 11) is 0. The van der Waals surface area contributed by atoms with E-state index in [9.17, 15) is 14.9 Å². The Morgan fingerprint density at radius 3 is 2.04 bits per heavy atom. The molecule has 130 valence electrons. The van der Waals surface area contributed by atoms with Crippen molar-refractivity contribution in [2.45, 2.75) is 6.04 Å². The molecule has 1 unspecified atom stereocenters. The standard InChI is InChI=1S/C20H15BrN2O3/c21-17-10-6-15(7-11-17)19(14-4-2-1-3-5-14)22-20(24)16-8-12-18(13-9-16)23(25)26/h1-13,19H,(H,22,24). The Labute approximate surface area is 159 Å². The summed E-state index contributed by atoms with van der Waals surface area (Å²) in [6.45, 7) is 0. The van der Waals surface area contributed by atoms with Gasteiger partial charge in [-0.3, -0.25) is 14.9 Å². The van der Waals surface area contributed by atoms with Crippen molar-refractivity contribution < 1.29 is 9.72 Å². The number of halogens is 1. The van der Waals surface area contributed by atoms with Crippen LogP contribution in [0.1, 0.15) is 27.5 Å². The van der Waals surface area contributed by atoms with Crippen LogP contribution in [0.4, 0.5) is 5.69 Å². The number of non-ortho nitro benzene ring substituents is 1. The van der Waals surface area contributed by atoms with Gasteiger partial charge in [0.05, 0.1) is 11.0 Å². The Morgan fingerprint density at radius 1 is 0.885 bits per heavy atom. The van der Waals surface area contributed by atoms with Gasteiger partial charge in [-0.2, -0.15) is 0 Å². The molecule has 0 heterocycles. The smallest absolute Gasteiger partial charge is 0.269 e. The molecule has 1 amide bonds. The average Bonchev–Trinajstić information content (AvgIpc) is 2.67. The Morgan fingerprint density at radius 2 is 1.46 bits per heavy atom. The van der Waals surface area contributed by atoms with Crippen molar-refractivity contribution in [3.05, 3.63) is 110 Å². The number of nitro groups is 1. The van der Waals surface area contributed by atoms with Gasteiger partial charge in [0.25, 0.3) is 11.6 Å². The molecule has 0 aliphatic rings. The van der Waals surface area contributed by atoms with E-state index in [-0.39, 0.29) is 17.6 Å². The second-order valence-corrected chi connectivity index (χ2v) is 6.59. The van der Waals surface area contributed by atoms with Crippen LogP contribution in [0.3, 0.4) is 0 Å². The van der Waals surface area contributed by atoms with Gasteiger partial charge >= 0.3 is 0 Å². The number of hydrogen-bond acceptors (Lipinski definition) is 3. The summed E-state index contributed by atoms with van der Waals surface area (Å²) >= 11 is 3.41. The van der Waals surface area contributed by atoms with Crippen LogP contribution in [0, 0.1) is 10.1 Å². The van der Waals surface area contributed by atoms with Gasteiger partial charge in [-0.15, -0.1) is 0 Å². The molecule has 3 aromatic rings. The molecule has 0 spiro atoms. The minimum Gasteiger partial charge on any atom is -0.341 e. The fourth-order valence-corrected chi connectivity index (χ4v) is 2.87. The molecule has 0 bridgehead atoms. The summed E-state index contributed by atoms with van der Waals surface area (Å²) in [4.78, 5) is 22.9. The molecule has 5 nitrogen and oxygen atoms in total. The number of carbonyl (C=O) groups excluding carboxylic acids is 1. The minimum absolute atomic E-state index is 0.0472. The molecule has 3 rings (SSSR count). The molecule has 26 heavy (non-hydrogen) atoms. The minimum atomic E-state index is -0.490. The van der Waals surface area contributed by atoms with E-state index in [2.05, 4.69) is 21.2 Å². The lowest BCUT2D eigenvalue weighted by Gasteiger charge is -2.20. The maximum absolute atomic E-state index is 12.7. The summed E-state index contributed by atoms with van der Waals surface area (Å²) in [6, 6.07) is 22.6. The number of nitro benzene ring substituents is 1. The SMILES string of the molecule is O=C(NC(c1ccccc1)c1ccc(Br)cc1)c1ccc([N+](=O)[O-])cc1. The lowest BCUT2D eigenvalue weighted by Crippen LogP contribution is -2.29. The van der Waals surface area contributed by atoms with Crippen molar-refractivity contribution in [1.29, 1.82) is 0 Å². The average molecular weight is 411 g/mol. The predicted molar refractivity (Wildman–Crippen MR) is 103 cm³/mol. The number of benzene rings is 3. The quantitative estimate of drug-likeness (QED) is 0.481. The Hall–Kier alpha value is -2.99. The highest BCUT2D eigenvalue weighted by Gasteiger charge is 2.18. The molecule has 1 N–H and O–H groups in total. The normalized spacial score (nSPS) is 11.6. The second kappa shape index (κ2) is 7.93. The van der Waals surface area contributed by atoms with E-state index in [0.29, 0.717) is 5.56 Å². The molecule has 0 aliphatic carbocycles. The molecular weight excluding hydrogens is 396 g/mol. The molecule has 1 atom stereocenters. The van der Waals surface area contributed by atoms with Gasteiger partial charge in [0.1, 0.15) is 0 Å². The molecule has 0 saturated carbocycles. The molecule has 3 aromatic carbocycles. The zero-order valence-electron chi connectivity index (χ0n) is 13.6. The van der Waals surface area contributed by atoms with Gasteiger partial charge in [-0.05, 0) is 35.4 Å². The van der Waals surface area contributed by atoms with Crippen molar-refractivity contribution in [1.82, 2.24) is 5.32 Å². The first kappa shape index (κ1) is 17.8. The van der Waals surface area contributed by atoms with Gasteiger partial charge in [-0.25, -0.2) is 0 Å².